The number of tetrazole rings is 1. The van der Waals surface area contributed by atoms with Crippen molar-refractivity contribution < 1.29 is 9.30 Å². The van der Waals surface area contributed by atoms with Gasteiger partial charge in [-0.2, -0.15) is 0 Å². The average Bonchev–Trinajstić information content (AvgIpc) is 3.13. The molecule has 0 saturated heterocycles. The number of hydrogen-bond acceptors (Lipinski definition) is 6. The Hall–Kier alpha value is -1.80. The molecule has 0 aliphatic carbocycles. The molecule has 5 heterocycles. The quantitative estimate of drug-likeness (QED) is 0.625. The van der Waals surface area contributed by atoms with Gasteiger partial charge >= 0.3 is 5.78 Å². The van der Waals surface area contributed by atoms with Crippen LogP contribution in [-0.2, 0) is 24.3 Å². The van der Waals surface area contributed by atoms with E-state index in [4.69, 9.17) is 4.74 Å². The van der Waals surface area contributed by atoms with Gasteiger partial charge in [0.2, 0.25) is 5.82 Å². The first-order valence-electron chi connectivity index (χ1n) is 7.10. The molecule has 0 radical (unpaired) electrons. The van der Waals surface area contributed by atoms with E-state index in [2.05, 4.69) is 39.3 Å². The van der Waals surface area contributed by atoms with Crippen molar-refractivity contribution in [3.05, 3.63) is 10.4 Å². The van der Waals surface area contributed by atoms with E-state index in [-0.39, 0.29) is 5.60 Å². The lowest BCUT2D eigenvalue weighted by Gasteiger charge is -2.30. The van der Waals surface area contributed by atoms with E-state index < -0.39 is 0 Å². The van der Waals surface area contributed by atoms with Gasteiger partial charge in [0.1, 0.15) is 0 Å². The maximum absolute atomic E-state index is 5.96. The lowest BCUT2D eigenvalue weighted by molar-refractivity contribution is -0.648. The van der Waals surface area contributed by atoms with Crippen molar-refractivity contribution in [2.75, 3.05) is 11.9 Å². The zero-order valence-corrected chi connectivity index (χ0v) is 12.7. The van der Waals surface area contributed by atoms with Gasteiger partial charge in [-0.1, -0.05) is 4.52 Å². The Morgan fingerprint density at radius 2 is 2.33 bits per heavy atom. The minimum absolute atomic E-state index is 0.118. The highest BCUT2D eigenvalue weighted by molar-refractivity contribution is 7.19. The fourth-order valence-corrected chi connectivity index (χ4v) is 4.51. The number of nitrogens with one attached hydrogen (secondary N) is 1. The second-order valence-electron chi connectivity index (χ2n) is 6.23. The van der Waals surface area contributed by atoms with Crippen LogP contribution in [0.3, 0.4) is 0 Å². The minimum atomic E-state index is -0.118. The molecule has 5 rings (SSSR count). The van der Waals surface area contributed by atoms with E-state index in [0.29, 0.717) is 6.61 Å². The summed E-state index contributed by atoms with van der Waals surface area (Å²) in [5, 5.41) is 17.0. The maximum atomic E-state index is 5.96. The molecule has 0 fully saturated rings. The van der Waals surface area contributed by atoms with E-state index in [1.165, 1.54) is 15.8 Å². The highest BCUT2D eigenvalue weighted by atomic mass is 32.1. The molecule has 3 aromatic rings. The molecule has 3 aromatic heterocycles. The Bertz CT molecular complexity index is 895. The van der Waals surface area contributed by atoms with Crippen molar-refractivity contribution in [1.82, 2.24) is 20.0 Å². The molecule has 0 bridgehead atoms. The van der Waals surface area contributed by atoms with Crippen molar-refractivity contribution in [3.8, 4) is 0 Å². The molecule has 21 heavy (non-hydrogen) atoms. The second-order valence-corrected chi connectivity index (χ2v) is 7.31. The average molecular weight is 303 g/mol. The Kier molecular flexibility index (Phi) is 2.08. The number of anilines is 1. The van der Waals surface area contributed by atoms with E-state index >= 15 is 0 Å². The lowest BCUT2D eigenvalue weighted by Crippen LogP contribution is -2.35. The Balaban J connectivity index is 1.94. The Morgan fingerprint density at radius 3 is 3.24 bits per heavy atom. The fraction of sp³-hybridized carbons (Fsp3) is 0.538. The summed E-state index contributed by atoms with van der Waals surface area (Å²) < 4.78 is 10.00. The van der Waals surface area contributed by atoms with Crippen LogP contribution in [0.25, 0.3) is 16.0 Å². The van der Waals surface area contributed by atoms with Crippen molar-refractivity contribution in [1.29, 1.82) is 0 Å². The zero-order valence-electron chi connectivity index (χ0n) is 11.9. The summed E-state index contributed by atoms with van der Waals surface area (Å²) in [6.07, 6.45) is 0.921. The van der Waals surface area contributed by atoms with Gasteiger partial charge in [-0.05, 0) is 19.4 Å². The summed E-state index contributed by atoms with van der Waals surface area (Å²) in [4.78, 5) is 2.41. The first-order chi connectivity index (χ1) is 10.1. The van der Waals surface area contributed by atoms with Gasteiger partial charge in [0.25, 0.3) is 0 Å². The molecule has 0 unspecified atom stereocenters. The summed E-state index contributed by atoms with van der Waals surface area (Å²) in [6.45, 7) is 6.79. The van der Waals surface area contributed by atoms with E-state index in [1.807, 2.05) is 4.52 Å². The molecule has 2 aliphatic rings. The summed E-state index contributed by atoms with van der Waals surface area (Å²) in [5.74, 6) is 1.96. The van der Waals surface area contributed by atoms with Crippen LogP contribution in [0.4, 0.5) is 5.82 Å². The molecule has 0 aromatic carbocycles. The number of thiophene rings is 1. The molecule has 108 valence electrons. The predicted octanol–water partition coefficient (Wildman–Crippen LogP) is 0.903. The third-order valence-corrected chi connectivity index (χ3v) is 5.47. The maximum Gasteiger partial charge on any atom is 0.404 e. The molecule has 7 nitrogen and oxygen atoms in total. The predicted molar refractivity (Wildman–Crippen MR) is 77.4 cm³/mol. The molecule has 2 aliphatic heterocycles. The van der Waals surface area contributed by atoms with Crippen LogP contribution < -0.4 is 9.88 Å². The van der Waals surface area contributed by atoms with Crippen LogP contribution in [-0.4, -0.2) is 32.2 Å². The van der Waals surface area contributed by atoms with Gasteiger partial charge in [-0.25, -0.2) is 4.57 Å². The Labute approximate surface area is 124 Å². The van der Waals surface area contributed by atoms with Crippen molar-refractivity contribution in [2.24, 2.45) is 0 Å². The summed E-state index contributed by atoms with van der Waals surface area (Å²) >= 11 is 1.74. The summed E-state index contributed by atoms with van der Waals surface area (Å²) in [5.41, 5.74) is 1.27. The molecule has 0 atom stereocenters. The molecule has 1 N–H and O–H groups in total. The van der Waals surface area contributed by atoms with Crippen molar-refractivity contribution in [3.63, 3.8) is 0 Å². The van der Waals surface area contributed by atoms with Gasteiger partial charge in [0.15, 0.2) is 4.83 Å². The van der Waals surface area contributed by atoms with Crippen LogP contribution in [0.15, 0.2) is 0 Å². The smallest absolute Gasteiger partial charge is 0.370 e. The number of rotatable bonds is 0. The van der Waals surface area contributed by atoms with E-state index in [1.54, 1.807) is 11.3 Å². The van der Waals surface area contributed by atoms with Crippen LogP contribution >= 0.6 is 11.3 Å². The van der Waals surface area contributed by atoms with Gasteiger partial charge in [-0.15, -0.1) is 11.3 Å². The first kappa shape index (κ1) is 11.8. The number of nitrogens with zero attached hydrogens (tertiary/aromatic N) is 5. The van der Waals surface area contributed by atoms with Gasteiger partial charge in [0, 0.05) is 26.8 Å². The van der Waals surface area contributed by atoms with Gasteiger partial charge in [0.05, 0.1) is 30.7 Å². The lowest BCUT2D eigenvalue weighted by atomic mass is 9.94. The number of ether oxygens (including phenoxy) is 1. The Morgan fingerprint density at radius 1 is 1.43 bits per heavy atom. The molecule has 8 heteroatoms. The molecular weight excluding hydrogens is 288 g/mol. The number of aromatic nitrogens is 5. The SMILES string of the molecule is CC1(C)Cc2c(sc3c2c2[n+](c4nnnn34)CCN2)CO1. The van der Waals surface area contributed by atoms with Crippen LogP contribution in [0, 0.1) is 0 Å². The highest BCUT2D eigenvalue weighted by Gasteiger charge is 2.35. The monoisotopic (exact) mass is 303 g/mol. The third kappa shape index (κ3) is 1.46. The van der Waals surface area contributed by atoms with Gasteiger partial charge < -0.3 is 10.1 Å². The summed E-state index contributed by atoms with van der Waals surface area (Å²) in [7, 11) is 0. The molecule has 0 amide bonds. The standard InChI is InChI=1S/C13H14N6OS/c1-13(2)5-7-8(6-20-13)21-11-9(7)10-14-3-4-18(10)12-15-16-17-19(11)12/h3-6H2,1-2H3/p+1. The molecule has 0 spiro atoms. The van der Waals surface area contributed by atoms with Gasteiger partial charge in [-0.3, -0.25) is 0 Å². The van der Waals surface area contributed by atoms with Crippen LogP contribution in [0.5, 0.6) is 0 Å². The molecule has 0 saturated carbocycles. The topological polar surface area (TPSA) is 68.2 Å². The van der Waals surface area contributed by atoms with Crippen molar-refractivity contribution in [2.45, 2.75) is 39.0 Å². The largest absolute Gasteiger partial charge is 0.404 e. The van der Waals surface area contributed by atoms with E-state index in [0.717, 1.165) is 35.9 Å². The minimum Gasteiger partial charge on any atom is -0.370 e. The van der Waals surface area contributed by atoms with Crippen LogP contribution in [0.1, 0.15) is 24.3 Å². The zero-order chi connectivity index (χ0) is 14.2. The third-order valence-electron chi connectivity index (χ3n) is 4.29. The number of fused-ring (bicyclic) bond motifs is 8. The summed E-state index contributed by atoms with van der Waals surface area (Å²) in [6, 6.07) is 0. The normalized spacial score (nSPS) is 19.7. The molecular formula is C13H15N6OS+. The van der Waals surface area contributed by atoms with Crippen LogP contribution in [0.2, 0.25) is 0 Å². The highest BCUT2D eigenvalue weighted by Crippen LogP contribution is 2.41. The first-order valence-corrected chi connectivity index (χ1v) is 7.92. The van der Waals surface area contributed by atoms with Crippen molar-refractivity contribution >= 4 is 33.1 Å². The van der Waals surface area contributed by atoms with E-state index in [9.17, 15) is 0 Å². The second kappa shape index (κ2) is 3.69. The fourth-order valence-electron chi connectivity index (χ4n) is 3.33. The number of hydrogen-bond donors (Lipinski definition) is 1.